The van der Waals surface area contributed by atoms with Gasteiger partial charge in [0.1, 0.15) is 5.82 Å². The molecule has 0 aromatic carbocycles. The van der Waals surface area contributed by atoms with Crippen molar-refractivity contribution in [2.75, 3.05) is 0 Å². The number of aromatic nitrogens is 1. The van der Waals surface area contributed by atoms with Crippen LogP contribution in [0.5, 0.6) is 0 Å². The summed E-state index contributed by atoms with van der Waals surface area (Å²) in [6.07, 6.45) is 4.97. The molecule has 120 valence electrons. The van der Waals surface area contributed by atoms with Crippen LogP contribution in [0.4, 0.5) is 4.39 Å². The molecule has 0 radical (unpaired) electrons. The molecule has 1 aromatic heterocycles. The molecule has 0 amide bonds. The first kappa shape index (κ1) is 20.1. The summed E-state index contributed by atoms with van der Waals surface area (Å²) in [4.78, 5) is 8.05. The molecule has 4 nitrogen and oxygen atoms in total. The molecule has 0 fully saturated rings. The van der Waals surface area contributed by atoms with Gasteiger partial charge in [0, 0.05) is 12.2 Å². The molecule has 1 aromatic rings. The highest BCUT2D eigenvalue weighted by Gasteiger charge is 2.05. The zero-order valence-electron chi connectivity index (χ0n) is 13.0. The van der Waals surface area contributed by atoms with Gasteiger partial charge in [0.15, 0.2) is 5.96 Å². The second-order valence-electron chi connectivity index (χ2n) is 5.50. The first-order chi connectivity index (χ1) is 9.49. The van der Waals surface area contributed by atoms with E-state index in [0.29, 0.717) is 11.7 Å². The van der Waals surface area contributed by atoms with Gasteiger partial charge in [0.05, 0.1) is 12.2 Å². The Morgan fingerprint density at radius 2 is 2.10 bits per heavy atom. The van der Waals surface area contributed by atoms with E-state index in [4.69, 9.17) is 5.73 Å². The van der Waals surface area contributed by atoms with Crippen LogP contribution in [0.1, 0.15) is 45.7 Å². The summed E-state index contributed by atoms with van der Waals surface area (Å²) in [6.45, 7) is 6.67. The number of rotatable bonds is 7. The first-order valence-electron chi connectivity index (χ1n) is 7.15. The lowest BCUT2D eigenvalue weighted by atomic mass is 10.0. The van der Waals surface area contributed by atoms with Gasteiger partial charge in [0.25, 0.3) is 0 Å². The molecule has 0 aliphatic heterocycles. The van der Waals surface area contributed by atoms with E-state index in [1.807, 2.05) is 0 Å². The third kappa shape index (κ3) is 8.85. The molecule has 1 rings (SSSR count). The molecule has 3 N–H and O–H groups in total. The van der Waals surface area contributed by atoms with Gasteiger partial charge in [-0.25, -0.2) is 9.38 Å². The number of nitrogens with one attached hydrogen (secondary N) is 1. The van der Waals surface area contributed by atoms with Crippen LogP contribution >= 0.6 is 24.0 Å². The van der Waals surface area contributed by atoms with Crippen LogP contribution in [-0.4, -0.2) is 17.0 Å². The second kappa shape index (κ2) is 10.8. The van der Waals surface area contributed by atoms with Gasteiger partial charge in [-0.2, -0.15) is 0 Å². The Bertz CT molecular complexity index is 437. The normalized spacial score (nSPS) is 12.9. The van der Waals surface area contributed by atoms with E-state index in [0.717, 1.165) is 18.8 Å². The Labute approximate surface area is 143 Å². The largest absolute Gasteiger partial charge is 0.370 e. The molecule has 1 atom stereocenters. The maximum atomic E-state index is 13.4. The lowest BCUT2D eigenvalue weighted by molar-refractivity contribution is 0.493. The smallest absolute Gasteiger partial charge is 0.189 e. The highest BCUT2D eigenvalue weighted by molar-refractivity contribution is 14.0. The van der Waals surface area contributed by atoms with Crippen LogP contribution in [0.3, 0.4) is 0 Å². The summed E-state index contributed by atoms with van der Waals surface area (Å²) < 4.78 is 13.4. The average molecular weight is 408 g/mol. The molecule has 21 heavy (non-hydrogen) atoms. The summed E-state index contributed by atoms with van der Waals surface area (Å²) in [5, 5.41) is 3.12. The third-order valence-electron chi connectivity index (χ3n) is 3.05. The highest BCUT2D eigenvalue weighted by atomic mass is 127. The standard InChI is InChI=1S/C15H25FN4.HI/c1-11(2)6-4-7-12(3)20-15(17)19-10-14-13(16)8-5-9-18-14;/h5,8-9,11-12H,4,6-7,10H2,1-3H3,(H3,17,19,20);1H. The Morgan fingerprint density at radius 1 is 1.38 bits per heavy atom. The van der Waals surface area contributed by atoms with Crippen molar-refractivity contribution in [1.82, 2.24) is 10.3 Å². The second-order valence-corrected chi connectivity index (χ2v) is 5.50. The van der Waals surface area contributed by atoms with Crippen LogP contribution < -0.4 is 11.1 Å². The van der Waals surface area contributed by atoms with Gasteiger partial charge < -0.3 is 11.1 Å². The Hall–Kier alpha value is -0.920. The monoisotopic (exact) mass is 408 g/mol. The van der Waals surface area contributed by atoms with E-state index < -0.39 is 0 Å². The van der Waals surface area contributed by atoms with E-state index in [1.165, 1.54) is 12.5 Å². The topological polar surface area (TPSA) is 63.3 Å². The molecular formula is C15H26FIN4. The number of aliphatic imine (C=N–C) groups is 1. The van der Waals surface area contributed by atoms with Crippen molar-refractivity contribution in [1.29, 1.82) is 0 Å². The Morgan fingerprint density at radius 3 is 2.71 bits per heavy atom. The third-order valence-corrected chi connectivity index (χ3v) is 3.05. The number of hydrogen-bond donors (Lipinski definition) is 2. The minimum Gasteiger partial charge on any atom is -0.370 e. The number of nitrogens with zero attached hydrogens (tertiary/aromatic N) is 2. The van der Waals surface area contributed by atoms with Crippen molar-refractivity contribution in [2.24, 2.45) is 16.6 Å². The molecule has 6 heteroatoms. The number of halogens is 2. The minimum atomic E-state index is -0.353. The van der Waals surface area contributed by atoms with E-state index in [2.05, 4.69) is 36.1 Å². The van der Waals surface area contributed by atoms with Crippen LogP contribution in [0, 0.1) is 11.7 Å². The Balaban J connectivity index is 0.00000400. The number of pyridine rings is 1. The molecule has 1 heterocycles. The van der Waals surface area contributed by atoms with Crippen LogP contribution in [0.15, 0.2) is 23.3 Å². The Kier molecular flexibility index (Phi) is 10.3. The lowest BCUT2D eigenvalue weighted by Gasteiger charge is -2.15. The average Bonchev–Trinajstić information content (AvgIpc) is 2.37. The maximum Gasteiger partial charge on any atom is 0.189 e. The maximum absolute atomic E-state index is 13.4. The molecule has 0 saturated heterocycles. The number of hydrogen-bond acceptors (Lipinski definition) is 2. The SMILES string of the molecule is CC(C)CCCC(C)NC(N)=NCc1ncccc1F.I. The van der Waals surface area contributed by atoms with E-state index >= 15 is 0 Å². The van der Waals surface area contributed by atoms with E-state index in [9.17, 15) is 4.39 Å². The van der Waals surface area contributed by atoms with Crippen molar-refractivity contribution in [2.45, 2.75) is 52.6 Å². The van der Waals surface area contributed by atoms with E-state index in [-0.39, 0.29) is 42.4 Å². The fraction of sp³-hybridized carbons (Fsp3) is 0.600. The molecule has 0 bridgehead atoms. The molecule has 0 saturated carbocycles. The predicted octanol–water partition coefficient (Wildman–Crippen LogP) is 3.46. The summed E-state index contributed by atoms with van der Waals surface area (Å²) in [5.74, 6) is 0.710. The molecule has 0 spiro atoms. The molecule has 1 unspecified atom stereocenters. The van der Waals surface area contributed by atoms with Gasteiger partial charge in [-0.15, -0.1) is 24.0 Å². The summed E-state index contributed by atoms with van der Waals surface area (Å²) in [7, 11) is 0. The lowest BCUT2D eigenvalue weighted by Crippen LogP contribution is -2.38. The van der Waals surface area contributed by atoms with Crippen LogP contribution in [0.25, 0.3) is 0 Å². The minimum absolute atomic E-state index is 0. The molecule has 0 aliphatic rings. The summed E-state index contributed by atoms with van der Waals surface area (Å²) in [5.41, 5.74) is 6.10. The van der Waals surface area contributed by atoms with Crippen molar-refractivity contribution in [3.8, 4) is 0 Å². The van der Waals surface area contributed by atoms with Crippen LogP contribution in [-0.2, 0) is 6.54 Å². The van der Waals surface area contributed by atoms with Crippen molar-refractivity contribution in [3.63, 3.8) is 0 Å². The van der Waals surface area contributed by atoms with Gasteiger partial charge in [-0.3, -0.25) is 4.98 Å². The van der Waals surface area contributed by atoms with Crippen molar-refractivity contribution in [3.05, 3.63) is 29.8 Å². The fourth-order valence-electron chi connectivity index (χ4n) is 1.90. The van der Waals surface area contributed by atoms with E-state index in [1.54, 1.807) is 12.3 Å². The summed E-state index contributed by atoms with van der Waals surface area (Å²) in [6, 6.07) is 3.20. The van der Waals surface area contributed by atoms with Crippen LogP contribution in [0.2, 0.25) is 0 Å². The van der Waals surface area contributed by atoms with Gasteiger partial charge in [0.2, 0.25) is 0 Å². The number of guanidine groups is 1. The summed E-state index contributed by atoms with van der Waals surface area (Å²) >= 11 is 0. The quantitative estimate of drug-likeness (QED) is 0.413. The van der Waals surface area contributed by atoms with Gasteiger partial charge in [-0.05, 0) is 31.4 Å². The van der Waals surface area contributed by atoms with Gasteiger partial charge >= 0.3 is 0 Å². The highest BCUT2D eigenvalue weighted by Crippen LogP contribution is 2.08. The fourth-order valence-corrected chi connectivity index (χ4v) is 1.90. The van der Waals surface area contributed by atoms with Gasteiger partial charge in [-0.1, -0.05) is 26.7 Å². The number of nitrogens with two attached hydrogens (primary N) is 1. The molecule has 0 aliphatic carbocycles. The zero-order chi connectivity index (χ0) is 15.0. The first-order valence-corrected chi connectivity index (χ1v) is 7.15. The predicted molar refractivity (Wildman–Crippen MR) is 96.2 cm³/mol. The van der Waals surface area contributed by atoms with Crippen molar-refractivity contribution < 1.29 is 4.39 Å². The van der Waals surface area contributed by atoms with Crippen molar-refractivity contribution >= 4 is 29.9 Å². The molecular weight excluding hydrogens is 382 g/mol. The zero-order valence-corrected chi connectivity index (χ0v) is 15.3.